The van der Waals surface area contributed by atoms with E-state index < -0.39 is 0 Å². The molecular weight excluding hydrogens is 334 g/mol. The van der Waals surface area contributed by atoms with Crippen LogP contribution in [0.3, 0.4) is 0 Å². The number of rotatable bonds is 4. The Labute approximate surface area is 154 Å². The lowest BCUT2D eigenvalue weighted by atomic mass is 9.89. The number of hydrogen-bond donors (Lipinski definition) is 1. The molecule has 0 bridgehead atoms. The van der Waals surface area contributed by atoms with Gasteiger partial charge in [-0.15, -0.1) is 0 Å². The third-order valence-corrected chi connectivity index (χ3v) is 5.31. The van der Waals surface area contributed by atoms with Gasteiger partial charge >= 0.3 is 6.03 Å². The van der Waals surface area contributed by atoms with Gasteiger partial charge in [0.1, 0.15) is 0 Å². The molecule has 2 aliphatic rings. The Balaban J connectivity index is 1.49. The average Bonchev–Trinajstić information content (AvgIpc) is 3.15. The number of hydrogen-bond acceptors (Lipinski definition) is 5. The van der Waals surface area contributed by atoms with Crippen molar-refractivity contribution in [3.05, 3.63) is 11.7 Å². The minimum absolute atomic E-state index is 0.0449. The molecule has 1 aliphatic carbocycles. The van der Waals surface area contributed by atoms with Gasteiger partial charge in [0.2, 0.25) is 11.8 Å². The number of amides is 3. The van der Waals surface area contributed by atoms with Gasteiger partial charge in [0.25, 0.3) is 0 Å². The lowest BCUT2D eigenvalue weighted by Gasteiger charge is -2.33. The maximum atomic E-state index is 12.5. The molecule has 0 aromatic carbocycles. The van der Waals surface area contributed by atoms with Crippen LogP contribution in [-0.4, -0.2) is 59.1 Å². The van der Waals surface area contributed by atoms with Crippen molar-refractivity contribution in [2.45, 2.75) is 57.4 Å². The molecule has 3 rings (SSSR count). The summed E-state index contributed by atoms with van der Waals surface area (Å²) in [7, 11) is 3.46. The zero-order chi connectivity index (χ0) is 18.5. The summed E-state index contributed by atoms with van der Waals surface area (Å²) in [6.45, 7) is 1.41. The monoisotopic (exact) mass is 363 g/mol. The van der Waals surface area contributed by atoms with Crippen molar-refractivity contribution in [1.29, 1.82) is 0 Å². The van der Waals surface area contributed by atoms with Crippen LogP contribution in [0.4, 0.5) is 4.79 Å². The summed E-state index contributed by atoms with van der Waals surface area (Å²) >= 11 is 0. The number of urea groups is 1. The van der Waals surface area contributed by atoms with Crippen LogP contribution in [0.2, 0.25) is 0 Å². The van der Waals surface area contributed by atoms with Crippen molar-refractivity contribution in [1.82, 2.24) is 25.3 Å². The number of piperidine rings is 1. The Hall–Kier alpha value is -2.12. The smallest absolute Gasteiger partial charge is 0.319 e. The van der Waals surface area contributed by atoms with Crippen molar-refractivity contribution >= 4 is 11.9 Å². The molecule has 1 aromatic heterocycles. The van der Waals surface area contributed by atoms with E-state index >= 15 is 0 Å². The summed E-state index contributed by atoms with van der Waals surface area (Å²) < 4.78 is 5.30. The molecule has 2 heterocycles. The SMILES string of the molecule is CN(C)C(=O)N1CCC[C@H](C(=O)NCc2nc(C3CCCCC3)no2)C1. The van der Waals surface area contributed by atoms with Crippen molar-refractivity contribution in [3.63, 3.8) is 0 Å². The Morgan fingerprint density at radius 3 is 2.69 bits per heavy atom. The number of carbonyl (C=O) groups is 2. The van der Waals surface area contributed by atoms with Gasteiger partial charge in [-0.25, -0.2) is 4.79 Å². The Kier molecular flexibility index (Phi) is 6.11. The van der Waals surface area contributed by atoms with E-state index in [9.17, 15) is 9.59 Å². The number of nitrogens with zero attached hydrogens (tertiary/aromatic N) is 4. The second-order valence-corrected chi connectivity index (χ2v) is 7.56. The first kappa shape index (κ1) is 18.7. The molecule has 1 saturated heterocycles. The molecule has 8 nitrogen and oxygen atoms in total. The van der Waals surface area contributed by atoms with Gasteiger partial charge in [0, 0.05) is 33.1 Å². The molecule has 0 radical (unpaired) electrons. The predicted molar refractivity (Wildman–Crippen MR) is 95.4 cm³/mol. The van der Waals surface area contributed by atoms with Gasteiger partial charge in [-0.05, 0) is 25.7 Å². The Morgan fingerprint density at radius 2 is 1.96 bits per heavy atom. The molecule has 26 heavy (non-hydrogen) atoms. The van der Waals surface area contributed by atoms with Crippen LogP contribution in [-0.2, 0) is 11.3 Å². The fourth-order valence-corrected chi connectivity index (χ4v) is 3.82. The zero-order valence-corrected chi connectivity index (χ0v) is 15.7. The largest absolute Gasteiger partial charge is 0.347 e. The molecule has 144 valence electrons. The lowest BCUT2D eigenvalue weighted by Crippen LogP contribution is -2.48. The Morgan fingerprint density at radius 1 is 1.19 bits per heavy atom. The fourth-order valence-electron chi connectivity index (χ4n) is 3.82. The van der Waals surface area contributed by atoms with Gasteiger partial charge in [-0.1, -0.05) is 24.4 Å². The van der Waals surface area contributed by atoms with E-state index in [-0.39, 0.29) is 24.4 Å². The van der Waals surface area contributed by atoms with Crippen molar-refractivity contribution in [2.75, 3.05) is 27.2 Å². The van der Waals surface area contributed by atoms with E-state index in [0.29, 0.717) is 24.9 Å². The van der Waals surface area contributed by atoms with E-state index in [1.807, 2.05) is 0 Å². The molecule has 0 spiro atoms. The number of likely N-dealkylation sites (tertiary alicyclic amines) is 1. The third-order valence-electron chi connectivity index (χ3n) is 5.31. The number of aromatic nitrogens is 2. The zero-order valence-electron chi connectivity index (χ0n) is 15.7. The van der Waals surface area contributed by atoms with Crippen LogP contribution in [0.15, 0.2) is 4.52 Å². The van der Waals surface area contributed by atoms with Crippen molar-refractivity contribution in [2.24, 2.45) is 5.92 Å². The minimum atomic E-state index is -0.187. The van der Waals surface area contributed by atoms with Crippen LogP contribution in [0, 0.1) is 5.92 Å². The summed E-state index contributed by atoms with van der Waals surface area (Å²) in [4.78, 5) is 32.3. The quantitative estimate of drug-likeness (QED) is 0.885. The third kappa shape index (κ3) is 4.53. The van der Waals surface area contributed by atoms with Crippen LogP contribution in [0.5, 0.6) is 0 Å². The highest BCUT2D eigenvalue weighted by Crippen LogP contribution is 2.30. The van der Waals surface area contributed by atoms with E-state index in [2.05, 4.69) is 15.5 Å². The van der Waals surface area contributed by atoms with Gasteiger partial charge in [-0.2, -0.15) is 4.98 Å². The first-order valence-electron chi connectivity index (χ1n) is 9.61. The standard InChI is InChI=1S/C18H29N5O3/c1-22(2)18(25)23-10-6-9-14(12-23)17(24)19-11-15-20-16(21-26-15)13-7-4-3-5-8-13/h13-14H,3-12H2,1-2H3,(H,19,24)/t14-/m0/s1. The van der Waals surface area contributed by atoms with Crippen LogP contribution in [0.1, 0.15) is 62.6 Å². The van der Waals surface area contributed by atoms with Crippen LogP contribution >= 0.6 is 0 Å². The maximum Gasteiger partial charge on any atom is 0.319 e. The van der Waals surface area contributed by atoms with E-state index in [1.54, 1.807) is 23.9 Å². The first-order valence-corrected chi connectivity index (χ1v) is 9.61. The molecule has 3 amide bonds. The molecule has 0 unspecified atom stereocenters. The fraction of sp³-hybridized carbons (Fsp3) is 0.778. The highest BCUT2D eigenvalue weighted by Gasteiger charge is 2.29. The maximum absolute atomic E-state index is 12.5. The molecule has 2 fully saturated rings. The Bertz CT molecular complexity index is 624. The summed E-state index contributed by atoms with van der Waals surface area (Å²) in [6.07, 6.45) is 7.58. The van der Waals surface area contributed by atoms with Gasteiger partial charge < -0.3 is 19.6 Å². The lowest BCUT2D eigenvalue weighted by molar-refractivity contribution is -0.126. The van der Waals surface area contributed by atoms with Gasteiger partial charge in [0.15, 0.2) is 5.82 Å². The van der Waals surface area contributed by atoms with Gasteiger partial charge in [-0.3, -0.25) is 4.79 Å². The predicted octanol–water partition coefficient (Wildman–Crippen LogP) is 2.13. The van der Waals surface area contributed by atoms with Crippen molar-refractivity contribution < 1.29 is 14.1 Å². The second kappa shape index (κ2) is 8.51. The highest BCUT2D eigenvalue weighted by atomic mass is 16.5. The summed E-state index contributed by atoms with van der Waals surface area (Å²) in [5.74, 6) is 1.37. The topological polar surface area (TPSA) is 91.6 Å². The van der Waals surface area contributed by atoms with Crippen molar-refractivity contribution in [3.8, 4) is 0 Å². The van der Waals surface area contributed by atoms with Crippen LogP contribution in [0.25, 0.3) is 0 Å². The van der Waals surface area contributed by atoms with E-state index in [0.717, 1.165) is 31.5 Å². The molecule has 8 heteroatoms. The molecule has 1 atom stereocenters. The molecule has 1 aliphatic heterocycles. The molecule has 1 N–H and O–H groups in total. The highest BCUT2D eigenvalue weighted by molar-refractivity contribution is 5.80. The number of carbonyl (C=O) groups excluding carboxylic acids is 2. The van der Waals surface area contributed by atoms with Gasteiger partial charge in [0.05, 0.1) is 12.5 Å². The van der Waals surface area contributed by atoms with E-state index in [1.165, 1.54) is 19.3 Å². The van der Waals surface area contributed by atoms with Crippen LogP contribution < -0.4 is 5.32 Å². The first-order chi connectivity index (χ1) is 12.5. The summed E-state index contributed by atoms with van der Waals surface area (Å²) in [5.41, 5.74) is 0. The second-order valence-electron chi connectivity index (χ2n) is 7.56. The minimum Gasteiger partial charge on any atom is -0.347 e. The summed E-state index contributed by atoms with van der Waals surface area (Å²) in [5, 5.41) is 6.98. The average molecular weight is 363 g/mol. The molecular formula is C18H29N5O3. The normalized spacial score (nSPS) is 21.5. The molecule has 1 saturated carbocycles. The van der Waals surface area contributed by atoms with E-state index in [4.69, 9.17) is 4.52 Å². The summed E-state index contributed by atoms with van der Waals surface area (Å²) in [6, 6.07) is -0.0449. The number of nitrogens with one attached hydrogen (secondary N) is 1. The molecule has 1 aromatic rings.